The molecule has 0 bridgehead atoms. The Morgan fingerprint density at radius 2 is 1.67 bits per heavy atom. The van der Waals surface area contributed by atoms with E-state index in [-0.39, 0.29) is 28.6 Å². The third kappa shape index (κ3) is 2.36. The Bertz CT molecular complexity index is 724. The van der Waals surface area contributed by atoms with Gasteiger partial charge in [0.2, 0.25) is 0 Å². The number of phenols is 4. The molecule has 4 N–H and O–H groups in total. The maximum Gasteiger partial charge on any atom is 0.198 e. The second kappa shape index (κ2) is 4.68. The van der Waals surface area contributed by atoms with Gasteiger partial charge in [-0.2, -0.15) is 0 Å². The standard InChI is InChI=1S/C15H12O6/c16-8-2-3-9(11(18)6-8)13(20)15-14(21-15)7-1-4-10(17)12(19)5-7/h1-6,14-19H/t14-,15-/m0/s1. The molecule has 0 spiro atoms. The second-order valence-electron chi connectivity index (χ2n) is 4.79. The Morgan fingerprint density at radius 3 is 2.33 bits per heavy atom. The van der Waals surface area contributed by atoms with Crippen LogP contribution in [0.15, 0.2) is 36.4 Å². The lowest BCUT2D eigenvalue weighted by molar-refractivity contribution is 0.0951. The molecule has 2 aromatic carbocycles. The van der Waals surface area contributed by atoms with Crippen molar-refractivity contribution in [2.75, 3.05) is 0 Å². The number of carbonyl (C=O) groups is 1. The lowest BCUT2D eigenvalue weighted by atomic mass is 10.0. The number of phenolic OH excluding ortho intramolecular Hbond substituents is 4. The minimum absolute atomic E-state index is 0.0586. The SMILES string of the molecule is O=C(c1ccc(O)cc1O)[C@@H]1O[C@H]1c1ccc(O)c(O)c1. The zero-order chi connectivity index (χ0) is 15.1. The van der Waals surface area contributed by atoms with Crippen LogP contribution < -0.4 is 0 Å². The van der Waals surface area contributed by atoms with Gasteiger partial charge in [0.1, 0.15) is 17.6 Å². The Hall–Kier alpha value is -2.73. The Balaban J connectivity index is 1.81. The molecule has 1 heterocycles. The number of ether oxygens (including phenoxy) is 1. The molecule has 1 aliphatic rings. The first-order valence-corrected chi connectivity index (χ1v) is 6.21. The zero-order valence-corrected chi connectivity index (χ0v) is 10.7. The van der Waals surface area contributed by atoms with E-state index in [0.717, 1.165) is 6.07 Å². The molecule has 1 fully saturated rings. The maximum atomic E-state index is 12.2. The topological polar surface area (TPSA) is 111 Å². The summed E-state index contributed by atoms with van der Waals surface area (Å²) in [5, 5.41) is 37.6. The number of Topliss-reactive ketones (excluding diaryl/α,β-unsaturated/α-hetero) is 1. The fraction of sp³-hybridized carbons (Fsp3) is 0.133. The van der Waals surface area contributed by atoms with Gasteiger partial charge in [-0.1, -0.05) is 6.07 Å². The molecule has 0 saturated carbocycles. The monoisotopic (exact) mass is 288 g/mol. The highest BCUT2D eigenvalue weighted by atomic mass is 16.6. The smallest absolute Gasteiger partial charge is 0.198 e. The Kier molecular flexibility index (Phi) is 2.95. The van der Waals surface area contributed by atoms with Gasteiger partial charge >= 0.3 is 0 Å². The van der Waals surface area contributed by atoms with Gasteiger partial charge in [-0.25, -0.2) is 0 Å². The van der Waals surface area contributed by atoms with Gasteiger partial charge in [0.05, 0.1) is 5.56 Å². The van der Waals surface area contributed by atoms with Crippen molar-refractivity contribution >= 4 is 5.78 Å². The average Bonchev–Trinajstić information content (AvgIpc) is 3.21. The van der Waals surface area contributed by atoms with Crippen molar-refractivity contribution < 1.29 is 30.0 Å². The summed E-state index contributed by atoms with van der Waals surface area (Å²) in [7, 11) is 0. The Labute approximate surface area is 119 Å². The van der Waals surface area contributed by atoms with Gasteiger partial charge in [0, 0.05) is 6.07 Å². The van der Waals surface area contributed by atoms with Gasteiger partial charge < -0.3 is 25.2 Å². The van der Waals surface area contributed by atoms with Crippen molar-refractivity contribution in [2.24, 2.45) is 0 Å². The van der Waals surface area contributed by atoms with E-state index in [4.69, 9.17) is 4.74 Å². The van der Waals surface area contributed by atoms with E-state index >= 15 is 0 Å². The van der Waals surface area contributed by atoms with E-state index in [1.807, 2.05) is 0 Å². The molecule has 1 saturated heterocycles. The summed E-state index contributed by atoms with van der Waals surface area (Å²) in [4.78, 5) is 12.2. The van der Waals surface area contributed by atoms with Crippen molar-refractivity contribution in [1.29, 1.82) is 0 Å². The first-order chi connectivity index (χ1) is 9.97. The molecule has 1 aliphatic heterocycles. The van der Waals surface area contributed by atoms with Crippen LogP contribution in [0.4, 0.5) is 0 Å². The van der Waals surface area contributed by atoms with E-state index in [2.05, 4.69) is 0 Å². The van der Waals surface area contributed by atoms with Crippen molar-refractivity contribution in [1.82, 2.24) is 0 Å². The van der Waals surface area contributed by atoms with Crippen molar-refractivity contribution in [3.8, 4) is 23.0 Å². The van der Waals surface area contributed by atoms with Crippen LogP contribution in [-0.4, -0.2) is 32.3 Å². The molecule has 108 valence electrons. The van der Waals surface area contributed by atoms with E-state index in [1.165, 1.54) is 24.3 Å². The van der Waals surface area contributed by atoms with Crippen LogP contribution in [0.5, 0.6) is 23.0 Å². The number of rotatable bonds is 3. The number of epoxide rings is 1. The summed E-state index contributed by atoms with van der Waals surface area (Å²) >= 11 is 0. The molecule has 0 unspecified atom stereocenters. The molecule has 6 heteroatoms. The fourth-order valence-corrected chi connectivity index (χ4v) is 2.16. The average molecular weight is 288 g/mol. The highest BCUT2D eigenvalue weighted by Crippen LogP contribution is 2.43. The summed E-state index contributed by atoms with van der Waals surface area (Å²) in [6.07, 6.45) is -1.29. The molecular weight excluding hydrogens is 276 g/mol. The summed E-state index contributed by atoms with van der Waals surface area (Å²) in [6.45, 7) is 0. The van der Waals surface area contributed by atoms with E-state index < -0.39 is 18.0 Å². The maximum absolute atomic E-state index is 12.2. The van der Waals surface area contributed by atoms with Crippen LogP contribution in [0, 0.1) is 0 Å². The minimum atomic E-state index is -0.760. The number of aromatic hydroxyl groups is 4. The number of hydrogen-bond acceptors (Lipinski definition) is 6. The zero-order valence-electron chi connectivity index (χ0n) is 10.7. The highest BCUT2D eigenvalue weighted by molar-refractivity contribution is 6.03. The third-order valence-electron chi connectivity index (χ3n) is 3.32. The van der Waals surface area contributed by atoms with E-state index in [1.54, 1.807) is 6.07 Å². The normalized spacial score (nSPS) is 20.2. The number of carbonyl (C=O) groups excluding carboxylic acids is 1. The molecule has 0 aliphatic carbocycles. The van der Waals surface area contributed by atoms with Crippen molar-refractivity contribution in [3.05, 3.63) is 47.5 Å². The largest absolute Gasteiger partial charge is 0.508 e. The molecule has 6 nitrogen and oxygen atoms in total. The molecule has 3 rings (SSSR count). The van der Waals surface area contributed by atoms with Crippen molar-refractivity contribution in [2.45, 2.75) is 12.2 Å². The minimum Gasteiger partial charge on any atom is -0.508 e. The summed E-state index contributed by atoms with van der Waals surface area (Å²) in [6, 6.07) is 7.88. The quantitative estimate of drug-likeness (QED) is 0.389. The molecule has 21 heavy (non-hydrogen) atoms. The van der Waals surface area contributed by atoms with Crippen LogP contribution in [0.3, 0.4) is 0 Å². The van der Waals surface area contributed by atoms with Gasteiger partial charge in [-0.05, 0) is 29.8 Å². The van der Waals surface area contributed by atoms with Crippen LogP contribution in [0.2, 0.25) is 0 Å². The highest BCUT2D eigenvalue weighted by Gasteiger charge is 2.47. The van der Waals surface area contributed by atoms with E-state index in [9.17, 15) is 25.2 Å². The van der Waals surface area contributed by atoms with Crippen LogP contribution in [0.25, 0.3) is 0 Å². The van der Waals surface area contributed by atoms with Crippen LogP contribution in [0.1, 0.15) is 22.0 Å². The fourth-order valence-electron chi connectivity index (χ4n) is 2.16. The molecule has 2 aromatic rings. The molecule has 0 aromatic heterocycles. The second-order valence-corrected chi connectivity index (χ2v) is 4.79. The summed E-state index contributed by atoms with van der Waals surface area (Å²) in [5.74, 6) is -1.41. The molecule has 0 radical (unpaired) electrons. The predicted molar refractivity (Wildman–Crippen MR) is 71.5 cm³/mol. The van der Waals surface area contributed by atoms with Gasteiger partial charge in [0.25, 0.3) is 0 Å². The van der Waals surface area contributed by atoms with Crippen LogP contribution in [-0.2, 0) is 4.74 Å². The van der Waals surface area contributed by atoms with Gasteiger partial charge in [0.15, 0.2) is 23.4 Å². The molecular formula is C15H12O6. The van der Waals surface area contributed by atoms with E-state index in [0.29, 0.717) is 5.56 Å². The first-order valence-electron chi connectivity index (χ1n) is 6.21. The lowest BCUT2D eigenvalue weighted by Gasteiger charge is -2.03. The summed E-state index contributed by atoms with van der Waals surface area (Å²) in [5.41, 5.74) is 0.616. The molecule has 0 amide bonds. The third-order valence-corrected chi connectivity index (χ3v) is 3.32. The van der Waals surface area contributed by atoms with Crippen molar-refractivity contribution in [3.63, 3.8) is 0 Å². The molecule has 2 atom stereocenters. The number of benzene rings is 2. The number of ketones is 1. The number of hydrogen-bond donors (Lipinski definition) is 4. The predicted octanol–water partition coefficient (Wildman–Crippen LogP) is 1.83. The van der Waals surface area contributed by atoms with Crippen LogP contribution >= 0.6 is 0 Å². The summed E-state index contributed by atoms with van der Waals surface area (Å²) < 4.78 is 5.28. The first kappa shape index (κ1) is 13.3. The Morgan fingerprint density at radius 1 is 0.905 bits per heavy atom. The van der Waals surface area contributed by atoms with Gasteiger partial charge in [-0.3, -0.25) is 4.79 Å². The lowest BCUT2D eigenvalue weighted by Crippen LogP contribution is -2.08. The van der Waals surface area contributed by atoms with Gasteiger partial charge in [-0.15, -0.1) is 0 Å².